The number of rotatable bonds is 6. The van der Waals surface area contributed by atoms with Crippen LogP contribution in [-0.2, 0) is 4.74 Å². The van der Waals surface area contributed by atoms with E-state index < -0.39 is 5.97 Å². The van der Waals surface area contributed by atoms with E-state index in [1.54, 1.807) is 6.07 Å². The fourth-order valence-electron chi connectivity index (χ4n) is 2.73. The van der Waals surface area contributed by atoms with Crippen molar-refractivity contribution in [3.05, 3.63) is 23.3 Å². The SMILES string of the molecule is Cc1cc(NCCOC2CCCCC2)cc(C(=O)O)c1N. The summed E-state index contributed by atoms with van der Waals surface area (Å²) < 4.78 is 5.83. The third-order valence-electron chi connectivity index (χ3n) is 3.95. The zero-order valence-electron chi connectivity index (χ0n) is 12.5. The number of carboxylic acids is 1. The fourth-order valence-corrected chi connectivity index (χ4v) is 2.73. The predicted octanol–water partition coefficient (Wildman–Crippen LogP) is 3.04. The molecule has 5 nitrogen and oxygen atoms in total. The number of nitrogen functional groups attached to an aromatic ring is 1. The lowest BCUT2D eigenvalue weighted by Crippen LogP contribution is -2.20. The Hall–Kier alpha value is -1.75. The molecule has 0 aromatic heterocycles. The first-order valence-corrected chi connectivity index (χ1v) is 7.57. The minimum absolute atomic E-state index is 0.144. The highest BCUT2D eigenvalue weighted by molar-refractivity contribution is 5.95. The Balaban J connectivity index is 1.84. The van der Waals surface area contributed by atoms with Gasteiger partial charge in [0.05, 0.1) is 18.3 Å². The predicted molar refractivity (Wildman–Crippen MR) is 83.9 cm³/mol. The van der Waals surface area contributed by atoms with E-state index in [0.717, 1.165) is 24.1 Å². The van der Waals surface area contributed by atoms with Crippen LogP contribution in [0.1, 0.15) is 48.0 Å². The van der Waals surface area contributed by atoms with Crippen LogP contribution in [-0.4, -0.2) is 30.3 Å². The van der Waals surface area contributed by atoms with Crippen molar-refractivity contribution >= 4 is 17.3 Å². The Bertz CT molecular complexity index is 497. The van der Waals surface area contributed by atoms with Gasteiger partial charge in [0.1, 0.15) is 0 Å². The van der Waals surface area contributed by atoms with Gasteiger partial charge in [-0.3, -0.25) is 0 Å². The molecule has 0 radical (unpaired) electrons. The van der Waals surface area contributed by atoms with Gasteiger partial charge in [0.25, 0.3) is 0 Å². The zero-order chi connectivity index (χ0) is 15.2. The first-order valence-electron chi connectivity index (χ1n) is 7.57. The molecule has 0 bridgehead atoms. The Morgan fingerprint density at radius 1 is 1.38 bits per heavy atom. The second-order valence-corrected chi connectivity index (χ2v) is 5.62. The van der Waals surface area contributed by atoms with Gasteiger partial charge in [0.15, 0.2) is 0 Å². The monoisotopic (exact) mass is 292 g/mol. The molecule has 4 N–H and O–H groups in total. The van der Waals surface area contributed by atoms with Crippen LogP contribution in [0.25, 0.3) is 0 Å². The number of benzene rings is 1. The molecule has 1 aliphatic rings. The Labute approximate surface area is 125 Å². The first-order chi connectivity index (χ1) is 10.1. The molecule has 2 rings (SSSR count). The van der Waals surface area contributed by atoms with Gasteiger partial charge in [0.2, 0.25) is 0 Å². The molecule has 0 heterocycles. The fraction of sp³-hybridized carbons (Fsp3) is 0.562. The molecule has 116 valence electrons. The maximum atomic E-state index is 11.1. The molecular weight excluding hydrogens is 268 g/mol. The lowest BCUT2D eigenvalue weighted by atomic mass is 9.98. The molecule has 1 saturated carbocycles. The van der Waals surface area contributed by atoms with Gasteiger partial charge in [-0.15, -0.1) is 0 Å². The van der Waals surface area contributed by atoms with Crippen molar-refractivity contribution in [2.24, 2.45) is 0 Å². The van der Waals surface area contributed by atoms with E-state index in [1.165, 1.54) is 19.3 Å². The van der Waals surface area contributed by atoms with Gasteiger partial charge in [-0.1, -0.05) is 19.3 Å². The highest BCUT2D eigenvalue weighted by atomic mass is 16.5. The van der Waals surface area contributed by atoms with Crippen molar-refractivity contribution < 1.29 is 14.6 Å². The molecule has 0 aliphatic heterocycles. The number of hydrogen-bond donors (Lipinski definition) is 3. The number of hydrogen-bond acceptors (Lipinski definition) is 4. The van der Waals surface area contributed by atoms with Crippen LogP contribution in [0.4, 0.5) is 11.4 Å². The Morgan fingerprint density at radius 3 is 2.76 bits per heavy atom. The topological polar surface area (TPSA) is 84.6 Å². The largest absolute Gasteiger partial charge is 0.478 e. The van der Waals surface area contributed by atoms with Crippen LogP contribution in [0.5, 0.6) is 0 Å². The number of nitrogens with two attached hydrogens (primary N) is 1. The third kappa shape index (κ3) is 4.36. The van der Waals surface area contributed by atoms with E-state index in [1.807, 2.05) is 13.0 Å². The summed E-state index contributed by atoms with van der Waals surface area (Å²) in [6.45, 7) is 3.11. The van der Waals surface area contributed by atoms with E-state index in [-0.39, 0.29) is 5.56 Å². The highest BCUT2D eigenvalue weighted by Gasteiger charge is 2.14. The molecular formula is C16H24N2O3. The zero-order valence-corrected chi connectivity index (χ0v) is 12.5. The van der Waals surface area contributed by atoms with Crippen molar-refractivity contribution in [2.75, 3.05) is 24.2 Å². The summed E-state index contributed by atoms with van der Waals surface area (Å²) in [5.74, 6) is -1.00. The molecule has 1 aromatic carbocycles. The minimum Gasteiger partial charge on any atom is -0.478 e. The summed E-state index contributed by atoms with van der Waals surface area (Å²) in [6.07, 6.45) is 6.55. The summed E-state index contributed by atoms with van der Waals surface area (Å²) >= 11 is 0. The molecule has 0 atom stereocenters. The van der Waals surface area contributed by atoms with Crippen LogP contribution in [0, 0.1) is 6.92 Å². The van der Waals surface area contributed by atoms with Crippen LogP contribution < -0.4 is 11.1 Å². The minimum atomic E-state index is -1.00. The van der Waals surface area contributed by atoms with Crippen LogP contribution >= 0.6 is 0 Å². The molecule has 0 amide bonds. The van der Waals surface area contributed by atoms with Crippen molar-refractivity contribution in [3.63, 3.8) is 0 Å². The van der Waals surface area contributed by atoms with E-state index in [2.05, 4.69) is 5.32 Å². The summed E-state index contributed by atoms with van der Waals surface area (Å²) in [5.41, 5.74) is 7.78. The highest BCUT2D eigenvalue weighted by Crippen LogP contribution is 2.23. The molecule has 1 fully saturated rings. The molecule has 5 heteroatoms. The number of aromatic carboxylic acids is 1. The number of aryl methyl sites for hydroxylation is 1. The van der Waals surface area contributed by atoms with Crippen LogP contribution in [0.15, 0.2) is 12.1 Å². The normalized spacial score (nSPS) is 15.9. The lowest BCUT2D eigenvalue weighted by molar-refractivity contribution is 0.0347. The van der Waals surface area contributed by atoms with Crippen LogP contribution in [0.2, 0.25) is 0 Å². The molecule has 0 saturated heterocycles. The first kappa shape index (κ1) is 15.6. The lowest BCUT2D eigenvalue weighted by Gasteiger charge is -2.22. The van der Waals surface area contributed by atoms with Gasteiger partial charge in [-0.05, 0) is 37.5 Å². The number of carbonyl (C=O) groups is 1. The van der Waals surface area contributed by atoms with Gasteiger partial charge >= 0.3 is 5.97 Å². The summed E-state index contributed by atoms with van der Waals surface area (Å²) in [5, 5.41) is 12.3. The maximum absolute atomic E-state index is 11.1. The Morgan fingerprint density at radius 2 is 2.10 bits per heavy atom. The summed E-state index contributed by atoms with van der Waals surface area (Å²) in [7, 11) is 0. The molecule has 0 unspecified atom stereocenters. The maximum Gasteiger partial charge on any atom is 0.337 e. The smallest absolute Gasteiger partial charge is 0.337 e. The average Bonchev–Trinajstić information content (AvgIpc) is 2.47. The number of ether oxygens (including phenoxy) is 1. The van der Waals surface area contributed by atoms with E-state index in [0.29, 0.717) is 24.9 Å². The number of carboxylic acid groups (broad SMARTS) is 1. The second kappa shape index (κ2) is 7.31. The number of nitrogens with one attached hydrogen (secondary N) is 1. The van der Waals surface area contributed by atoms with Gasteiger partial charge in [-0.25, -0.2) is 4.79 Å². The van der Waals surface area contributed by atoms with Crippen LogP contribution in [0.3, 0.4) is 0 Å². The summed E-state index contributed by atoms with van der Waals surface area (Å²) in [4.78, 5) is 11.1. The Kier molecular flexibility index (Phi) is 5.44. The molecule has 21 heavy (non-hydrogen) atoms. The molecule has 1 aromatic rings. The van der Waals surface area contributed by atoms with Crippen molar-refractivity contribution in [1.82, 2.24) is 0 Å². The van der Waals surface area contributed by atoms with Crippen molar-refractivity contribution in [1.29, 1.82) is 0 Å². The standard InChI is InChI=1S/C16H24N2O3/c1-11-9-12(10-14(15(11)17)16(19)20)18-7-8-21-13-5-3-2-4-6-13/h9-10,13,18H,2-8,17H2,1H3,(H,19,20). The van der Waals surface area contributed by atoms with Gasteiger partial charge in [-0.2, -0.15) is 0 Å². The average molecular weight is 292 g/mol. The van der Waals surface area contributed by atoms with E-state index >= 15 is 0 Å². The number of anilines is 2. The molecule has 1 aliphatic carbocycles. The summed E-state index contributed by atoms with van der Waals surface area (Å²) in [6, 6.07) is 3.44. The quantitative estimate of drug-likeness (QED) is 0.554. The second-order valence-electron chi connectivity index (χ2n) is 5.62. The van der Waals surface area contributed by atoms with Crippen molar-refractivity contribution in [3.8, 4) is 0 Å². The van der Waals surface area contributed by atoms with Crippen molar-refractivity contribution in [2.45, 2.75) is 45.1 Å². The molecule has 0 spiro atoms. The third-order valence-corrected chi connectivity index (χ3v) is 3.95. The van der Waals surface area contributed by atoms with Gasteiger partial charge in [0, 0.05) is 17.9 Å². The van der Waals surface area contributed by atoms with Gasteiger partial charge < -0.3 is 20.9 Å². The van der Waals surface area contributed by atoms with E-state index in [9.17, 15) is 4.79 Å². The van der Waals surface area contributed by atoms with E-state index in [4.69, 9.17) is 15.6 Å².